The number of carbonyl (C=O) groups excluding carboxylic acids is 1. The van der Waals surface area contributed by atoms with E-state index in [0.29, 0.717) is 19.5 Å². The maximum absolute atomic E-state index is 11.7. The van der Waals surface area contributed by atoms with Gasteiger partial charge in [-0.15, -0.1) is 0 Å². The summed E-state index contributed by atoms with van der Waals surface area (Å²) in [5.74, 6) is 0.00914. The van der Waals surface area contributed by atoms with Crippen molar-refractivity contribution in [1.29, 1.82) is 0 Å². The number of carbonyl (C=O) groups is 1. The lowest BCUT2D eigenvalue weighted by atomic mass is 10.2. The Bertz CT molecular complexity index is 574. The van der Waals surface area contributed by atoms with E-state index in [1.807, 2.05) is 20.2 Å². The first-order valence-corrected chi connectivity index (χ1v) is 6.77. The SMILES string of the molecule is Cc1c(CNC(=O)CCn2cc(Br)cn2)cnn1C. The summed E-state index contributed by atoms with van der Waals surface area (Å²) in [6.45, 7) is 3.07. The Labute approximate surface area is 119 Å². The van der Waals surface area contributed by atoms with Gasteiger partial charge < -0.3 is 5.32 Å². The minimum absolute atomic E-state index is 0.00914. The van der Waals surface area contributed by atoms with Gasteiger partial charge in [0.15, 0.2) is 0 Å². The topological polar surface area (TPSA) is 64.7 Å². The summed E-state index contributed by atoms with van der Waals surface area (Å²) < 4.78 is 4.45. The molecule has 1 N–H and O–H groups in total. The number of rotatable bonds is 5. The molecule has 7 heteroatoms. The van der Waals surface area contributed by atoms with Gasteiger partial charge in [0, 0.05) is 44.0 Å². The van der Waals surface area contributed by atoms with Crippen molar-refractivity contribution in [2.75, 3.05) is 0 Å². The summed E-state index contributed by atoms with van der Waals surface area (Å²) in [5.41, 5.74) is 2.11. The Morgan fingerprint density at radius 3 is 2.79 bits per heavy atom. The van der Waals surface area contributed by atoms with Crippen molar-refractivity contribution >= 4 is 21.8 Å². The van der Waals surface area contributed by atoms with Crippen LogP contribution in [0.3, 0.4) is 0 Å². The first kappa shape index (κ1) is 13.8. The molecular weight excluding hydrogens is 310 g/mol. The molecule has 0 saturated heterocycles. The predicted octanol–water partition coefficient (Wildman–Crippen LogP) is 1.39. The summed E-state index contributed by atoms with van der Waals surface area (Å²) >= 11 is 3.32. The van der Waals surface area contributed by atoms with E-state index >= 15 is 0 Å². The van der Waals surface area contributed by atoms with Crippen molar-refractivity contribution in [2.45, 2.75) is 26.4 Å². The van der Waals surface area contributed by atoms with Crippen LogP contribution >= 0.6 is 15.9 Å². The average molecular weight is 326 g/mol. The highest BCUT2D eigenvalue weighted by atomic mass is 79.9. The van der Waals surface area contributed by atoms with Crippen LogP contribution in [0.25, 0.3) is 0 Å². The molecule has 0 aromatic carbocycles. The highest BCUT2D eigenvalue weighted by Crippen LogP contribution is 2.07. The molecule has 2 aromatic heterocycles. The lowest BCUT2D eigenvalue weighted by molar-refractivity contribution is -0.121. The average Bonchev–Trinajstić information content (AvgIpc) is 2.93. The third-order valence-corrected chi connectivity index (χ3v) is 3.39. The molecule has 2 aromatic rings. The maximum atomic E-state index is 11.7. The molecular formula is C12H16BrN5O. The van der Waals surface area contributed by atoms with Crippen LogP contribution in [-0.4, -0.2) is 25.5 Å². The number of hydrogen-bond acceptors (Lipinski definition) is 3. The zero-order valence-electron chi connectivity index (χ0n) is 10.9. The molecule has 0 aliphatic rings. The molecule has 0 spiro atoms. The van der Waals surface area contributed by atoms with Gasteiger partial charge in [-0.05, 0) is 22.9 Å². The van der Waals surface area contributed by atoms with Crippen molar-refractivity contribution < 1.29 is 4.79 Å². The van der Waals surface area contributed by atoms with Gasteiger partial charge in [-0.3, -0.25) is 14.2 Å². The van der Waals surface area contributed by atoms with Crippen LogP contribution in [0.15, 0.2) is 23.1 Å². The Morgan fingerprint density at radius 1 is 1.42 bits per heavy atom. The van der Waals surface area contributed by atoms with Gasteiger partial charge in [0.05, 0.1) is 16.9 Å². The molecule has 0 aliphatic heterocycles. The minimum Gasteiger partial charge on any atom is -0.352 e. The van der Waals surface area contributed by atoms with E-state index in [0.717, 1.165) is 15.7 Å². The number of amides is 1. The summed E-state index contributed by atoms with van der Waals surface area (Å²) in [7, 11) is 1.89. The lowest BCUT2D eigenvalue weighted by Gasteiger charge is -2.05. The molecule has 0 radical (unpaired) electrons. The first-order valence-electron chi connectivity index (χ1n) is 5.98. The Balaban J connectivity index is 1.77. The highest BCUT2D eigenvalue weighted by molar-refractivity contribution is 9.10. The minimum atomic E-state index is 0.00914. The first-order chi connectivity index (χ1) is 9.06. The zero-order chi connectivity index (χ0) is 13.8. The molecule has 0 bridgehead atoms. The van der Waals surface area contributed by atoms with Crippen molar-refractivity contribution in [3.63, 3.8) is 0 Å². The number of aryl methyl sites for hydroxylation is 2. The molecule has 0 unspecified atom stereocenters. The quantitative estimate of drug-likeness (QED) is 0.903. The van der Waals surface area contributed by atoms with Crippen LogP contribution in [0, 0.1) is 6.92 Å². The number of aromatic nitrogens is 4. The normalized spacial score (nSPS) is 10.7. The molecule has 2 rings (SSSR count). The van der Waals surface area contributed by atoms with Gasteiger partial charge >= 0.3 is 0 Å². The zero-order valence-corrected chi connectivity index (χ0v) is 12.5. The lowest BCUT2D eigenvalue weighted by Crippen LogP contribution is -2.24. The Kier molecular flexibility index (Phi) is 4.36. The van der Waals surface area contributed by atoms with Gasteiger partial charge in [-0.25, -0.2) is 0 Å². The van der Waals surface area contributed by atoms with Crippen molar-refractivity contribution in [3.05, 3.63) is 34.3 Å². The Morgan fingerprint density at radius 2 is 2.21 bits per heavy atom. The van der Waals surface area contributed by atoms with Crippen LogP contribution < -0.4 is 5.32 Å². The van der Waals surface area contributed by atoms with Crippen LogP contribution in [0.5, 0.6) is 0 Å². The summed E-state index contributed by atoms with van der Waals surface area (Å²) in [5, 5.41) is 11.1. The highest BCUT2D eigenvalue weighted by Gasteiger charge is 2.06. The summed E-state index contributed by atoms with van der Waals surface area (Å²) in [4.78, 5) is 11.7. The van der Waals surface area contributed by atoms with E-state index < -0.39 is 0 Å². The molecule has 102 valence electrons. The molecule has 6 nitrogen and oxygen atoms in total. The molecule has 19 heavy (non-hydrogen) atoms. The third-order valence-electron chi connectivity index (χ3n) is 2.98. The van der Waals surface area contributed by atoms with Gasteiger partial charge in [-0.1, -0.05) is 0 Å². The van der Waals surface area contributed by atoms with Crippen LogP contribution in [0.2, 0.25) is 0 Å². The molecule has 2 heterocycles. The maximum Gasteiger partial charge on any atom is 0.222 e. The number of halogens is 1. The molecule has 0 aliphatic carbocycles. The summed E-state index contributed by atoms with van der Waals surface area (Å²) in [6.07, 6.45) is 5.74. The van der Waals surface area contributed by atoms with E-state index in [4.69, 9.17) is 0 Å². The molecule has 0 atom stereocenters. The molecule has 1 amide bonds. The Hall–Kier alpha value is -1.63. The smallest absolute Gasteiger partial charge is 0.222 e. The van der Waals surface area contributed by atoms with Crippen molar-refractivity contribution in [1.82, 2.24) is 24.9 Å². The fourth-order valence-electron chi connectivity index (χ4n) is 1.68. The monoisotopic (exact) mass is 325 g/mol. The summed E-state index contributed by atoms with van der Waals surface area (Å²) in [6, 6.07) is 0. The second kappa shape index (κ2) is 6.01. The van der Waals surface area contributed by atoms with E-state index in [1.165, 1.54) is 0 Å². The largest absolute Gasteiger partial charge is 0.352 e. The van der Waals surface area contributed by atoms with Crippen molar-refractivity contribution in [3.8, 4) is 0 Å². The van der Waals surface area contributed by atoms with Gasteiger partial charge in [-0.2, -0.15) is 10.2 Å². The number of hydrogen-bond donors (Lipinski definition) is 1. The second-order valence-electron chi connectivity index (χ2n) is 4.33. The van der Waals surface area contributed by atoms with E-state index in [2.05, 4.69) is 31.4 Å². The van der Waals surface area contributed by atoms with Crippen LogP contribution in [-0.2, 0) is 24.9 Å². The van der Waals surface area contributed by atoms with Crippen molar-refractivity contribution in [2.24, 2.45) is 7.05 Å². The van der Waals surface area contributed by atoms with Gasteiger partial charge in [0.1, 0.15) is 0 Å². The third kappa shape index (κ3) is 3.66. The number of nitrogens with one attached hydrogen (secondary N) is 1. The fraction of sp³-hybridized carbons (Fsp3) is 0.417. The van der Waals surface area contributed by atoms with E-state index in [-0.39, 0.29) is 5.91 Å². The number of nitrogens with zero attached hydrogens (tertiary/aromatic N) is 4. The van der Waals surface area contributed by atoms with Crippen LogP contribution in [0.4, 0.5) is 0 Å². The fourth-order valence-corrected chi connectivity index (χ4v) is 2.00. The molecule has 0 fully saturated rings. The van der Waals surface area contributed by atoms with Gasteiger partial charge in [0.2, 0.25) is 5.91 Å². The van der Waals surface area contributed by atoms with Gasteiger partial charge in [0.25, 0.3) is 0 Å². The standard InChI is InChI=1S/C12H16BrN5O/c1-9-10(6-15-17(9)2)5-14-12(19)3-4-18-8-11(13)7-16-18/h6-8H,3-5H2,1-2H3,(H,14,19). The van der Waals surface area contributed by atoms with Crippen LogP contribution in [0.1, 0.15) is 17.7 Å². The predicted molar refractivity (Wildman–Crippen MR) is 74.3 cm³/mol. The second-order valence-corrected chi connectivity index (χ2v) is 5.24. The molecule has 0 saturated carbocycles. The van der Waals surface area contributed by atoms with E-state index in [1.54, 1.807) is 21.8 Å². The van der Waals surface area contributed by atoms with E-state index in [9.17, 15) is 4.79 Å².